The van der Waals surface area contributed by atoms with E-state index in [2.05, 4.69) is 15.6 Å². The molecule has 1 spiro atoms. The van der Waals surface area contributed by atoms with Crippen LogP contribution in [0.15, 0.2) is 79.0 Å². The number of fused-ring (bicyclic) bond motifs is 2. The number of ether oxygens (including phenoxy) is 1. The van der Waals surface area contributed by atoms with Crippen molar-refractivity contribution in [2.75, 3.05) is 22.6 Å². The van der Waals surface area contributed by atoms with Gasteiger partial charge in [0.15, 0.2) is 13.9 Å². The summed E-state index contributed by atoms with van der Waals surface area (Å²) in [5, 5.41) is 20.5. The molecule has 12 heteroatoms. The second-order valence-electron chi connectivity index (χ2n) is 12.4. The van der Waals surface area contributed by atoms with E-state index in [0.29, 0.717) is 59.0 Å². The minimum Gasteiger partial charge on any atom is -0.432 e. The number of hydrogen-bond acceptors (Lipinski definition) is 8. The molecule has 3 aromatic carbocycles. The zero-order valence-corrected chi connectivity index (χ0v) is 26.6. The molecule has 1 fully saturated rings. The number of anilines is 4. The Morgan fingerprint density at radius 3 is 2.53 bits per heavy atom. The number of carbonyl (C=O) groups excluding carboxylic acids is 2. The van der Waals surface area contributed by atoms with Crippen LogP contribution in [0.2, 0.25) is 18.6 Å². The van der Waals surface area contributed by atoms with E-state index in [1.165, 1.54) is 0 Å². The summed E-state index contributed by atoms with van der Waals surface area (Å²) >= 11 is 0. The van der Waals surface area contributed by atoms with Crippen molar-refractivity contribution in [3.05, 3.63) is 95.8 Å². The van der Waals surface area contributed by atoms with Crippen LogP contribution >= 0.6 is 0 Å². The fourth-order valence-electron chi connectivity index (χ4n) is 6.96. The normalized spacial score (nSPS) is 22.6. The van der Waals surface area contributed by atoms with Gasteiger partial charge in [0.2, 0.25) is 0 Å². The zero-order valence-electron chi connectivity index (χ0n) is 25.6. The number of aryl methyl sites for hydroxylation is 1. The van der Waals surface area contributed by atoms with E-state index in [1.54, 1.807) is 46.1 Å². The fraction of sp³-hybridized carbons (Fsp3) is 0.333. The molecular weight excluding hydrogens is 588 g/mol. The van der Waals surface area contributed by atoms with Gasteiger partial charge in [-0.2, -0.15) is 0 Å². The minimum absolute atomic E-state index is 0.0152. The van der Waals surface area contributed by atoms with Crippen LogP contribution in [-0.4, -0.2) is 57.7 Å². The first-order valence-electron chi connectivity index (χ1n) is 15.1. The number of carbonyl (C=O) groups is 2. The second-order valence-corrected chi connectivity index (χ2v) is 16.4. The van der Waals surface area contributed by atoms with Gasteiger partial charge in [0.1, 0.15) is 0 Å². The number of aromatic nitrogens is 3. The number of aliphatic hydroxyl groups excluding tert-OH is 1. The Labute approximate surface area is 262 Å². The Morgan fingerprint density at radius 2 is 1.84 bits per heavy atom. The molecule has 3 heterocycles. The number of hydrogen-bond donors (Lipinski definition) is 4. The lowest BCUT2D eigenvalue weighted by atomic mass is 9.82. The molecule has 1 saturated heterocycles. The molecule has 6 rings (SSSR count). The van der Waals surface area contributed by atoms with Crippen LogP contribution in [0, 0.1) is 5.92 Å². The van der Waals surface area contributed by atoms with Gasteiger partial charge in [0.05, 0.1) is 17.5 Å². The Balaban J connectivity index is 1.39. The molecule has 0 saturated carbocycles. The summed E-state index contributed by atoms with van der Waals surface area (Å²) in [6, 6.07) is 21.5. The molecule has 1 aromatic heterocycles. The average molecular weight is 627 g/mol. The first-order valence-corrected chi connectivity index (χ1v) is 18.2. The molecule has 0 aliphatic carbocycles. The van der Waals surface area contributed by atoms with Crippen LogP contribution < -0.4 is 16.0 Å². The molecule has 2 aliphatic rings. The smallest absolute Gasteiger partial charge is 0.268 e. The summed E-state index contributed by atoms with van der Waals surface area (Å²) in [5.74, 6) is -0.908. The number of rotatable bonds is 9. The molecule has 11 nitrogen and oxygen atoms in total. The third-order valence-electron chi connectivity index (χ3n) is 8.93. The molecular formula is C33H38N6O5Si. The molecule has 0 radical (unpaired) electrons. The van der Waals surface area contributed by atoms with Crippen molar-refractivity contribution in [1.29, 1.82) is 0 Å². The number of para-hydroxylation sites is 1. The van der Waals surface area contributed by atoms with Gasteiger partial charge in [-0.25, -0.2) is 0 Å². The van der Waals surface area contributed by atoms with E-state index in [0.717, 1.165) is 0 Å². The Hall–Kier alpha value is -4.36. The highest BCUT2D eigenvalue weighted by Crippen LogP contribution is 2.61. The standard InChI is InChI=1S/C33H38N6O5Si/c1-21-30(45(2,3)43)29(15-17-38-20-25(16-18-40)36-37-38)44-33(21)27-19-24(35-31(41)22-9-11-23(34)12-10-22)13-14-28(27)39(32(33)42)26-7-5-4-6-8-26/h4-14,19-21,29-30,40,43H,15-18,34H2,1-3H3,(H,35,41)/t21-,29+,30-,33+/m0/s1. The molecule has 0 unspecified atom stereocenters. The molecule has 45 heavy (non-hydrogen) atoms. The Kier molecular flexibility index (Phi) is 8.08. The number of nitrogen functional groups attached to an aromatic ring is 1. The molecule has 5 N–H and O–H groups in total. The number of amides is 2. The van der Waals surface area contributed by atoms with Gasteiger partial charge in [-0.15, -0.1) is 5.10 Å². The summed E-state index contributed by atoms with van der Waals surface area (Å²) in [7, 11) is -2.88. The van der Waals surface area contributed by atoms with Crippen LogP contribution in [0.4, 0.5) is 22.7 Å². The highest BCUT2D eigenvalue weighted by atomic mass is 28.4. The summed E-state index contributed by atoms with van der Waals surface area (Å²) in [5.41, 5.74) is 8.38. The highest BCUT2D eigenvalue weighted by molar-refractivity contribution is 6.71. The summed E-state index contributed by atoms with van der Waals surface area (Å²) < 4.78 is 8.65. The molecule has 234 valence electrons. The lowest BCUT2D eigenvalue weighted by molar-refractivity contribution is -0.145. The van der Waals surface area contributed by atoms with Gasteiger partial charge in [-0.05, 0) is 74.1 Å². The van der Waals surface area contributed by atoms with Crippen LogP contribution in [0.25, 0.3) is 0 Å². The van der Waals surface area contributed by atoms with E-state index in [-0.39, 0.29) is 29.9 Å². The Morgan fingerprint density at radius 1 is 1.11 bits per heavy atom. The number of nitrogens with zero attached hydrogens (tertiary/aromatic N) is 4. The maximum Gasteiger partial charge on any atom is 0.268 e. The third-order valence-corrected chi connectivity index (χ3v) is 11.4. The Bertz CT molecular complexity index is 1710. The lowest BCUT2D eigenvalue weighted by Gasteiger charge is -2.32. The number of nitrogens with one attached hydrogen (secondary N) is 1. The maximum absolute atomic E-state index is 14.7. The van der Waals surface area contributed by atoms with Crippen LogP contribution in [0.3, 0.4) is 0 Å². The predicted molar refractivity (Wildman–Crippen MR) is 173 cm³/mol. The van der Waals surface area contributed by atoms with Crippen LogP contribution in [0.1, 0.15) is 35.0 Å². The monoisotopic (exact) mass is 626 g/mol. The van der Waals surface area contributed by atoms with Gasteiger partial charge < -0.3 is 25.7 Å². The van der Waals surface area contributed by atoms with E-state index >= 15 is 0 Å². The molecule has 2 aliphatic heterocycles. The number of aliphatic hydroxyl groups is 1. The molecule has 2 amide bonds. The SMILES string of the molecule is C[C@H]1[C@H]([Si](C)(C)O)[C@@H](CCn2cc(CCO)nn2)O[C@]12C(=O)N(c1ccccc1)c1ccc(NC(=O)c3ccc(N)cc3)cc12. The summed E-state index contributed by atoms with van der Waals surface area (Å²) in [6.45, 7) is 6.21. The molecule has 0 bridgehead atoms. The lowest BCUT2D eigenvalue weighted by Crippen LogP contribution is -2.45. The van der Waals surface area contributed by atoms with Crippen molar-refractivity contribution in [3.8, 4) is 0 Å². The van der Waals surface area contributed by atoms with Crippen molar-refractivity contribution in [2.45, 2.75) is 56.7 Å². The topological polar surface area (TPSA) is 156 Å². The second kappa shape index (κ2) is 11.9. The van der Waals surface area contributed by atoms with Gasteiger partial charge in [-0.1, -0.05) is 30.3 Å². The van der Waals surface area contributed by atoms with Crippen LogP contribution in [-0.2, 0) is 28.1 Å². The van der Waals surface area contributed by atoms with Crippen molar-refractivity contribution in [3.63, 3.8) is 0 Å². The molecule has 4 atom stereocenters. The highest BCUT2D eigenvalue weighted by Gasteiger charge is 2.66. The summed E-state index contributed by atoms with van der Waals surface area (Å²) in [6.07, 6.45) is 2.26. The number of benzene rings is 3. The van der Waals surface area contributed by atoms with Gasteiger partial charge in [0, 0.05) is 65.4 Å². The zero-order chi connectivity index (χ0) is 31.9. The van der Waals surface area contributed by atoms with Crippen molar-refractivity contribution >= 4 is 42.9 Å². The van der Waals surface area contributed by atoms with E-state index in [9.17, 15) is 19.5 Å². The maximum atomic E-state index is 14.7. The third kappa shape index (κ3) is 5.54. The average Bonchev–Trinajstić information content (AvgIpc) is 3.66. The fourth-order valence-corrected chi connectivity index (χ4v) is 9.56. The van der Waals surface area contributed by atoms with Gasteiger partial charge >= 0.3 is 0 Å². The predicted octanol–water partition coefficient (Wildman–Crippen LogP) is 4.21. The first-order chi connectivity index (χ1) is 21.5. The van der Waals surface area contributed by atoms with E-state index in [4.69, 9.17) is 10.5 Å². The number of nitrogens with two attached hydrogens (primary N) is 1. The quantitative estimate of drug-likeness (QED) is 0.159. The van der Waals surface area contributed by atoms with Gasteiger partial charge in [-0.3, -0.25) is 19.2 Å². The first kappa shape index (κ1) is 30.7. The van der Waals surface area contributed by atoms with Crippen molar-refractivity contribution in [1.82, 2.24) is 15.0 Å². The van der Waals surface area contributed by atoms with Crippen molar-refractivity contribution in [2.24, 2.45) is 5.92 Å². The summed E-state index contributed by atoms with van der Waals surface area (Å²) in [4.78, 5) is 41.2. The van der Waals surface area contributed by atoms with Gasteiger partial charge in [0.25, 0.3) is 11.8 Å². The molecule has 4 aromatic rings. The minimum atomic E-state index is -2.88. The van der Waals surface area contributed by atoms with Crippen LogP contribution in [0.5, 0.6) is 0 Å². The van der Waals surface area contributed by atoms with Crippen molar-refractivity contribution < 1.29 is 24.2 Å². The van der Waals surface area contributed by atoms with E-state index < -0.39 is 20.0 Å². The largest absolute Gasteiger partial charge is 0.432 e. The van der Waals surface area contributed by atoms with E-state index in [1.807, 2.05) is 62.5 Å².